The first-order valence-electron chi connectivity index (χ1n) is 9.66. The van der Waals surface area contributed by atoms with E-state index >= 15 is 0 Å². The highest BCUT2D eigenvalue weighted by Crippen LogP contribution is 2.37. The maximum Gasteiger partial charge on any atom is 0.496 e. The van der Waals surface area contributed by atoms with Crippen LogP contribution >= 0.6 is 0 Å². The lowest BCUT2D eigenvalue weighted by atomic mass is 9.80. The molecule has 0 aliphatic carbocycles. The van der Waals surface area contributed by atoms with Crippen molar-refractivity contribution in [3.63, 3.8) is 0 Å². The van der Waals surface area contributed by atoms with Gasteiger partial charge in [0, 0.05) is 11.7 Å². The van der Waals surface area contributed by atoms with Gasteiger partial charge in [0.2, 0.25) is 0 Å². The van der Waals surface area contributed by atoms with Crippen molar-refractivity contribution in [1.82, 2.24) is 14.6 Å². The molecule has 0 spiro atoms. The fourth-order valence-corrected chi connectivity index (χ4v) is 3.26. The highest BCUT2D eigenvalue weighted by atomic mass is 19.1. The largest absolute Gasteiger partial charge is 0.496 e. The van der Waals surface area contributed by atoms with Gasteiger partial charge in [0.1, 0.15) is 34.8 Å². The quantitative estimate of drug-likeness (QED) is 0.617. The zero-order valence-corrected chi connectivity index (χ0v) is 17.5. The van der Waals surface area contributed by atoms with Crippen molar-refractivity contribution in [2.75, 3.05) is 0 Å². The van der Waals surface area contributed by atoms with Crippen LogP contribution in [0.4, 0.5) is 4.39 Å². The van der Waals surface area contributed by atoms with Gasteiger partial charge >= 0.3 is 7.12 Å². The van der Waals surface area contributed by atoms with Crippen LogP contribution in [0.1, 0.15) is 52.0 Å². The second-order valence-electron chi connectivity index (χ2n) is 8.35. The first kappa shape index (κ1) is 20.3. The minimum absolute atomic E-state index is 0.379. The van der Waals surface area contributed by atoms with Crippen LogP contribution in [0.25, 0.3) is 5.52 Å². The molecule has 4 rings (SSSR count). The summed E-state index contributed by atoms with van der Waals surface area (Å²) in [6, 6.07) is 6.82. The molecule has 4 heterocycles. The number of halogens is 1. The van der Waals surface area contributed by atoms with Crippen LogP contribution in [-0.4, -0.2) is 32.9 Å². The van der Waals surface area contributed by atoms with Crippen LogP contribution in [0.5, 0.6) is 5.75 Å². The molecule has 9 heteroatoms. The maximum absolute atomic E-state index is 13.2. The summed E-state index contributed by atoms with van der Waals surface area (Å²) >= 11 is 0. The Labute approximate surface area is 174 Å². The summed E-state index contributed by atoms with van der Waals surface area (Å²) in [6.07, 6.45) is 3.91. The van der Waals surface area contributed by atoms with Gasteiger partial charge < -0.3 is 14.0 Å². The molecule has 154 valence electrons. The van der Waals surface area contributed by atoms with Crippen molar-refractivity contribution in [3.8, 4) is 11.8 Å². The highest BCUT2D eigenvalue weighted by Gasteiger charge is 2.52. The third kappa shape index (κ3) is 3.42. The van der Waals surface area contributed by atoms with Crippen LogP contribution in [0, 0.1) is 17.1 Å². The van der Waals surface area contributed by atoms with E-state index in [-0.39, 0.29) is 0 Å². The van der Waals surface area contributed by atoms with E-state index in [9.17, 15) is 9.65 Å². The van der Waals surface area contributed by atoms with Gasteiger partial charge in [-0.1, -0.05) is 0 Å². The Balaban J connectivity index is 1.75. The number of ether oxygens (including phenoxy) is 1. The molecule has 0 unspecified atom stereocenters. The van der Waals surface area contributed by atoms with E-state index in [1.807, 2.05) is 27.7 Å². The zero-order chi connectivity index (χ0) is 21.7. The fraction of sp³-hybridized carbons (Fsp3) is 0.381. The van der Waals surface area contributed by atoms with Crippen LogP contribution in [0.15, 0.2) is 36.8 Å². The Morgan fingerprint density at radius 1 is 1.20 bits per heavy atom. The van der Waals surface area contributed by atoms with Crippen molar-refractivity contribution in [2.45, 2.75) is 51.9 Å². The zero-order valence-electron chi connectivity index (χ0n) is 17.5. The molecule has 1 atom stereocenters. The topological polar surface area (TPSA) is 81.7 Å². The maximum atomic E-state index is 13.2. The lowest BCUT2D eigenvalue weighted by Crippen LogP contribution is -2.41. The van der Waals surface area contributed by atoms with Crippen molar-refractivity contribution < 1.29 is 18.4 Å². The molecule has 1 aliphatic heterocycles. The second-order valence-corrected chi connectivity index (χ2v) is 8.35. The summed E-state index contributed by atoms with van der Waals surface area (Å²) in [7, 11) is -0.615. The molecule has 0 N–H and O–H groups in total. The Kier molecular flexibility index (Phi) is 4.79. The molecule has 0 bridgehead atoms. The number of nitrogens with zero attached hydrogens (tertiary/aromatic N) is 4. The molecule has 1 aliphatic rings. The summed E-state index contributed by atoms with van der Waals surface area (Å²) in [6.45, 7) is 9.72. The molecule has 0 radical (unpaired) electrons. The normalized spacial score (nSPS) is 18.4. The fourth-order valence-electron chi connectivity index (χ4n) is 3.26. The third-order valence-corrected chi connectivity index (χ3v) is 5.71. The number of hydrogen-bond acceptors (Lipinski definition) is 6. The molecular formula is C21H22BFN4O3. The average molecular weight is 408 g/mol. The minimum Gasteiger partial charge on any atom is -0.482 e. The number of rotatable bonds is 4. The van der Waals surface area contributed by atoms with E-state index in [1.54, 1.807) is 29.8 Å². The highest BCUT2D eigenvalue weighted by molar-refractivity contribution is 6.62. The first-order chi connectivity index (χ1) is 14.1. The molecule has 30 heavy (non-hydrogen) atoms. The van der Waals surface area contributed by atoms with Gasteiger partial charge in [-0.15, -0.1) is 0 Å². The van der Waals surface area contributed by atoms with Crippen molar-refractivity contribution >= 4 is 18.1 Å². The Morgan fingerprint density at radius 3 is 2.50 bits per heavy atom. The van der Waals surface area contributed by atoms with E-state index in [4.69, 9.17) is 14.0 Å². The van der Waals surface area contributed by atoms with Crippen molar-refractivity contribution in [3.05, 3.63) is 53.9 Å². The summed E-state index contributed by atoms with van der Waals surface area (Å²) in [5, 5.41) is 13.8. The van der Waals surface area contributed by atoms with Crippen LogP contribution < -0.4 is 10.2 Å². The van der Waals surface area contributed by atoms with Crippen LogP contribution in [0.2, 0.25) is 0 Å². The lowest BCUT2D eigenvalue weighted by Gasteiger charge is -2.32. The van der Waals surface area contributed by atoms with E-state index < -0.39 is 30.2 Å². The standard InChI is InChI=1S/C21H22BFN4O3/c1-13(17-7-6-16(23)11-25-17)28-18-8-15(12-27-19(18)14(9-24)10-26-27)22-29-20(2,3)21(4,5)30-22/h6-8,10-13H,1-5H3/t13-/m1/s1. The second kappa shape index (κ2) is 7.08. The predicted molar refractivity (Wildman–Crippen MR) is 109 cm³/mol. The smallest absolute Gasteiger partial charge is 0.482 e. The number of hydrogen-bond donors (Lipinski definition) is 0. The van der Waals surface area contributed by atoms with Crippen molar-refractivity contribution in [2.24, 2.45) is 0 Å². The molecular weight excluding hydrogens is 386 g/mol. The predicted octanol–water partition coefficient (Wildman–Crippen LogP) is 3.18. The molecule has 3 aromatic rings. The van der Waals surface area contributed by atoms with E-state index in [2.05, 4.69) is 16.2 Å². The molecule has 1 saturated heterocycles. The summed E-state index contributed by atoms with van der Waals surface area (Å²) in [4.78, 5) is 4.09. The van der Waals surface area contributed by atoms with E-state index in [1.165, 1.54) is 12.3 Å². The molecule has 0 amide bonds. The van der Waals surface area contributed by atoms with Gasteiger partial charge in [0.15, 0.2) is 0 Å². The van der Waals surface area contributed by atoms with Gasteiger partial charge in [-0.25, -0.2) is 8.91 Å². The molecule has 0 aromatic carbocycles. The van der Waals surface area contributed by atoms with Gasteiger partial charge in [-0.2, -0.15) is 10.4 Å². The van der Waals surface area contributed by atoms with Crippen LogP contribution in [0.3, 0.4) is 0 Å². The van der Waals surface area contributed by atoms with Gasteiger partial charge in [0.05, 0.1) is 29.3 Å². The minimum atomic E-state index is -0.615. The van der Waals surface area contributed by atoms with Gasteiger partial charge in [-0.05, 0) is 52.8 Å². The summed E-state index contributed by atoms with van der Waals surface area (Å²) in [5.74, 6) is 0.0218. The Hall–Kier alpha value is -2.96. The number of aromatic nitrogens is 3. The van der Waals surface area contributed by atoms with E-state index in [0.717, 1.165) is 6.20 Å². The SMILES string of the molecule is C[C@@H](Oc1cc(B2OC(C)(C)C(C)(C)O2)cn2ncc(C#N)c12)c1ccc(F)cn1. The molecule has 1 fully saturated rings. The van der Waals surface area contributed by atoms with E-state index in [0.29, 0.717) is 28.0 Å². The molecule has 7 nitrogen and oxygen atoms in total. The number of pyridine rings is 2. The van der Waals surface area contributed by atoms with Gasteiger partial charge in [-0.3, -0.25) is 4.98 Å². The Morgan fingerprint density at radius 2 is 1.90 bits per heavy atom. The van der Waals surface area contributed by atoms with Crippen molar-refractivity contribution in [1.29, 1.82) is 5.26 Å². The average Bonchev–Trinajstić information content (AvgIpc) is 3.19. The molecule has 3 aromatic heterocycles. The summed E-state index contributed by atoms with van der Waals surface area (Å²) in [5.41, 5.74) is 1.19. The number of nitriles is 1. The first-order valence-corrected chi connectivity index (χ1v) is 9.66. The molecule has 0 saturated carbocycles. The number of fused-ring (bicyclic) bond motifs is 1. The van der Waals surface area contributed by atoms with Gasteiger partial charge in [0.25, 0.3) is 0 Å². The Bertz CT molecular complexity index is 1120. The monoisotopic (exact) mass is 408 g/mol. The van der Waals surface area contributed by atoms with Crippen LogP contribution in [-0.2, 0) is 9.31 Å². The summed E-state index contributed by atoms with van der Waals surface area (Å²) < 4.78 is 33.3. The lowest BCUT2D eigenvalue weighted by molar-refractivity contribution is 0.00578. The third-order valence-electron chi connectivity index (χ3n) is 5.71.